The van der Waals surface area contributed by atoms with Crippen molar-refractivity contribution < 1.29 is 89.1 Å². The molecule has 0 amide bonds. The van der Waals surface area contributed by atoms with E-state index in [9.17, 15) is 0 Å². The van der Waals surface area contributed by atoms with Gasteiger partial charge in [0.2, 0.25) is 0 Å². The van der Waals surface area contributed by atoms with Gasteiger partial charge in [-0.1, -0.05) is 0 Å². The molecule has 0 rings (SSSR count). The van der Waals surface area contributed by atoms with Crippen LogP contribution < -0.4 is 51.4 Å². The zero-order valence-corrected chi connectivity index (χ0v) is 8.77. The van der Waals surface area contributed by atoms with Gasteiger partial charge in [0.15, 0.2) is 0 Å². The maximum Gasteiger partial charge on any atom is 1.00 e. The quantitative estimate of drug-likeness (QED) is 0.272. The first-order valence-electron chi connectivity index (χ1n) is 0.783. The fourth-order valence-corrected chi connectivity index (χ4v) is 0. The van der Waals surface area contributed by atoms with Crippen LogP contribution in [-0.2, 0) is 21.6 Å². The van der Waals surface area contributed by atoms with Gasteiger partial charge in [0.1, 0.15) is 0 Å². The maximum absolute atomic E-state index is 8.88. The van der Waals surface area contributed by atoms with Crippen molar-refractivity contribution in [2.24, 2.45) is 0 Å². The van der Waals surface area contributed by atoms with Crippen molar-refractivity contribution in [3.05, 3.63) is 0 Å². The molecule has 4 nitrogen and oxygen atoms in total. The van der Waals surface area contributed by atoms with Crippen LogP contribution in [0.15, 0.2) is 0 Å². The molecule has 0 aliphatic rings. The second-order valence-corrected chi connectivity index (χ2v) is 1.54. The first-order chi connectivity index (χ1) is 2.00. The average Bonchev–Trinajstić information content (AvgIpc) is 0.722. The molecule has 1 radical (unpaired) electrons. The summed E-state index contributed by atoms with van der Waals surface area (Å²) in [5.74, 6) is 0. The largest absolute Gasteiger partial charge is 1.00 e. The zero-order chi connectivity index (χ0) is 4.50. The van der Waals surface area contributed by atoms with Crippen LogP contribution in [0.2, 0.25) is 0 Å². The Bertz CT molecular complexity index is 62.2. The Balaban J connectivity index is -0.0000000267. The summed E-state index contributed by atoms with van der Waals surface area (Å²) >= 11 is 0. The Morgan fingerprint density at radius 2 is 1.29 bits per heavy atom. The molecule has 0 saturated carbocycles. The minimum atomic E-state index is -4.64. The molecule has 0 aromatic heterocycles. The Kier molecular flexibility index (Phi) is 14.7. The molecule has 0 atom stereocenters. The van der Waals surface area contributed by atoms with Crippen molar-refractivity contribution in [1.82, 2.24) is 0 Å². The summed E-state index contributed by atoms with van der Waals surface area (Å²) in [6.07, 6.45) is 0. The fraction of sp³-hybridized carbons (Fsp3) is 0. The third-order valence-corrected chi connectivity index (χ3v) is 0. The topological polar surface area (TPSA) is 77.8 Å². The SMILES string of the molecule is O=P(O)(O)O.[H-].[K+].[Mn]. The molecule has 0 saturated heterocycles. The molecule has 3 N–H and O–H groups in total. The van der Waals surface area contributed by atoms with Gasteiger partial charge in [-0.3, -0.25) is 0 Å². The molecule has 7 heteroatoms. The average molecular weight is 193 g/mol. The third-order valence-electron chi connectivity index (χ3n) is 0. The molecule has 0 unspecified atom stereocenters. The molecule has 0 aliphatic carbocycles. The molecular weight excluding hydrogens is 189 g/mol. The van der Waals surface area contributed by atoms with Crippen LogP contribution in [0.4, 0.5) is 0 Å². The third kappa shape index (κ3) is 63.2. The molecule has 41 valence electrons. The normalized spacial score (nSPS) is 8.43. The van der Waals surface area contributed by atoms with E-state index in [1.165, 1.54) is 0 Å². The summed E-state index contributed by atoms with van der Waals surface area (Å²) in [5, 5.41) is 0. The molecule has 0 fully saturated rings. The Morgan fingerprint density at radius 3 is 1.29 bits per heavy atom. The van der Waals surface area contributed by atoms with Gasteiger partial charge >= 0.3 is 59.2 Å². The number of rotatable bonds is 0. The van der Waals surface area contributed by atoms with Gasteiger partial charge in [0.25, 0.3) is 0 Å². The van der Waals surface area contributed by atoms with Crippen molar-refractivity contribution in [3.63, 3.8) is 0 Å². The summed E-state index contributed by atoms with van der Waals surface area (Å²) in [5.41, 5.74) is 0. The Labute approximate surface area is 95.3 Å². The smallest absolute Gasteiger partial charge is 1.00 e. The fourth-order valence-electron chi connectivity index (χ4n) is 0. The maximum atomic E-state index is 8.88. The van der Waals surface area contributed by atoms with Gasteiger partial charge in [0.05, 0.1) is 0 Å². The monoisotopic (exact) mass is 193 g/mol. The van der Waals surface area contributed by atoms with E-state index >= 15 is 0 Å². The van der Waals surface area contributed by atoms with E-state index in [1.807, 2.05) is 0 Å². The van der Waals surface area contributed by atoms with E-state index in [1.54, 1.807) is 0 Å². The van der Waals surface area contributed by atoms with E-state index < -0.39 is 7.82 Å². The summed E-state index contributed by atoms with van der Waals surface area (Å²) in [6.45, 7) is 0. The number of hydrogen-bond acceptors (Lipinski definition) is 1. The molecule has 0 spiro atoms. The molecular formula is H4KMnO4P. The predicted octanol–water partition coefficient (Wildman–Crippen LogP) is -3.81. The van der Waals surface area contributed by atoms with Crippen LogP contribution in [-0.4, -0.2) is 14.7 Å². The van der Waals surface area contributed by atoms with E-state index in [0.29, 0.717) is 0 Å². The Morgan fingerprint density at radius 1 is 1.29 bits per heavy atom. The first-order valence-corrected chi connectivity index (χ1v) is 2.35. The van der Waals surface area contributed by atoms with Gasteiger partial charge in [-0.15, -0.1) is 0 Å². The molecule has 0 aromatic rings. The second-order valence-electron chi connectivity index (χ2n) is 0.513. The summed E-state index contributed by atoms with van der Waals surface area (Å²) in [6, 6.07) is 0. The van der Waals surface area contributed by atoms with Crippen LogP contribution in [0.25, 0.3) is 0 Å². The minimum Gasteiger partial charge on any atom is -1.00 e. The van der Waals surface area contributed by atoms with Crippen molar-refractivity contribution in [3.8, 4) is 0 Å². The van der Waals surface area contributed by atoms with Crippen molar-refractivity contribution >= 4 is 7.82 Å². The van der Waals surface area contributed by atoms with Crippen molar-refractivity contribution in [1.29, 1.82) is 0 Å². The summed E-state index contributed by atoms with van der Waals surface area (Å²) < 4.78 is 8.88. The van der Waals surface area contributed by atoms with Gasteiger partial charge in [-0.2, -0.15) is 0 Å². The Hall–Kier alpha value is 2.27. The standard InChI is InChI=1S/K.Mn.H3O4P.H/c;;1-5(2,3)4;/h;;(H3,1,2,3,4);/q+1;;;-1. The van der Waals surface area contributed by atoms with E-state index in [2.05, 4.69) is 0 Å². The van der Waals surface area contributed by atoms with Crippen LogP contribution in [0, 0.1) is 0 Å². The van der Waals surface area contributed by atoms with Crippen molar-refractivity contribution in [2.45, 2.75) is 0 Å². The summed E-state index contributed by atoms with van der Waals surface area (Å²) in [7, 11) is -4.64. The van der Waals surface area contributed by atoms with E-state index in [-0.39, 0.29) is 69.9 Å². The molecule has 0 bridgehead atoms. The molecule has 0 heterocycles. The minimum absolute atomic E-state index is 0. The van der Waals surface area contributed by atoms with E-state index in [4.69, 9.17) is 19.2 Å². The van der Waals surface area contributed by atoms with Gasteiger partial charge in [0, 0.05) is 17.1 Å². The second kappa shape index (κ2) is 6.39. The van der Waals surface area contributed by atoms with Crippen molar-refractivity contribution in [2.75, 3.05) is 0 Å². The van der Waals surface area contributed by atoms with Crippen LogP contribution >= 0.6 is 7.82 Å². The van der Waals surface area contributed by atoms with E-state index in [0.717, 1.165) is 0 Å². The van der Waals surface area contributed by atoms with Crippen LogP contribution in [0.5, 0.6) is 0 Å². The zero-order valence-electron chi connectivity index (χ0n) is 4.58. The molecule has 7 heavy (non-hydrogen) atoms. The number of phosphoric acid groups is 1. The number of hydrogen-bond donors (Lipinski definition) is 3. The predicted molar refractivity (Wildman–Crippen MR) is 15.4 cm³/mol. The van der Waals surface area contributed by atoms with Gasteiger partial charge in [-0.25, -0.2) is 4.57 Å². The van der Waals surface area contributed by atoms with Gasteiger partial charge < -0.3 is 16.1 Å². The molecule has 0 aliphatic heterocycles. The molecule has 0 aromatic carbocycles. The van der Waals surface area contributed by atoms with Gasteiger partial charge in [-0.05, 0) is 0 Å². The van der Waals surface area contributed by atoms with Crippen LogP contribution in [0.3, 0.4) is 0 Å². The van der Waals surface area contributed by atoms with Crippen LogP contribution in [0.1, 0.15) is 1.43 Å². The summed E-state index contributed by atoms with van der Waals surface area (Å²) in [4.78, 5) is 21.6. The first kappa shape index (κ1) is 16.1.